The lowest BCUT2D eigenvalue weighted by Gasteiger charge is -2.16. The molecule has 1 aromatic rings. The lowest BCUT2D eigenvalue weighted by Crippen LogP contribution is -2.34. The number of benzene rings is 1. The molecule has 2 rings (SSSR count). The first-order chi connectivity index (χ1) is 9.65. The van der Waals surface area contributed by atoms with Crippen molar-refractivity contribution in [1.29, 1.82) is 0 Å². The van der Waals surface area contributed by atoms with E-state index >= 15 is 0 Å². The van der Waals surface area contributed by atoms with Gasteiger partial charge in [0.05, 0.1) is 0 Å². The lowest BCUT2D eigenvalue weighted by atomic mass is 10.1. The van der Waals surface area contributed by atoms with Crippen LogP contribution in [0.4, 0.5) is 0 Å². The molecule has 1 heterocycles. The molecule has 0 radical (unpaired) electrons. The molecular weight excluding hydrogens is 270 g/mol. The molecule has 1 aromatic carbocycles. The van der Waals surface area contributed by atoms with Crippen LogP contribution in [0.1, 0.15) is 24.0 Å². The van der Waals surface area contributed by atoms with Gasteiger partial charge in [0, 0.05) is 18.3 Å². The van der Waals surface area contributed by atoms with E-state index in [1.54, 1.807) is 0 Å². The fourth-order valence-corrected chi connectivity index (χ4v) is 3.56. The van der Waals surface area contributed by atoms with Crippen LogP contribution in [0.3, 0.4) is 0 Å². The van der Waals surface area contributed by atoms with E-state index in [0.29, 0.717) is 13.2 Å². The Balaban J connectivity index is 1.66. The van der Waals surface area contributed by atoms with E-state index in [2.05, 4.69) is 11.4 Å². The van der Waals surface area contributed by atoms with E-state index in [4.69, 9.17) is 4.74 Å². The van der Waals surface area contributed by atoms with Gasteiger partial charge in [0.2, 0.25) is 0 Å². The molecule has 112 valence electrons. The maximum atomic E-state index is 9.95. The molecule has 2 atom stereocenters. The number of ether oxygens (including phenoxy) is 1. The molecule has 0 saturated carbocycles. The molecule has 2 N–H and O–H groups in total. The zero-order valence-corrected chi connectivity index (χ0v) is 13.2. The highest BCUT2D eigenvalue weighted by Crippen LogP contribution is 2.25. The van der Waals surface area contributed by atoms with Gasteiger partial charge in [0.1, 0.15) is 18.5 Å². The van der Waals surface area contributed by atoms with Gasteiger partial charge in [-0.15, -0.1) is 0 Å². The number of nitrogens with one attached hydrogen (secondary N) is 1. The SMILES string of the molecule is Cc1ccc(C)c(OCC(O)CNCC2CCCS2)c1. The van der Waals surface area contributed by atoms with Gasteiger partial charge < -0.3 is 15.2 Å². The molecule has 1 aliphatic rings. The summed E-state index contributed by atoms with van der Waals surface area (Å²) >= 11 is 2.03. The normalized spacial score (nSPS) is 20.1. The standard InChI is InChI=1S/C16H25NO2S/c1-12-5-6-13(2)16(8-12)19-11-14(18)9-17-10-15-4-3-7-20-15/h5-6,8,14-15,17-18H,3-4,7,9-11H2,1-2H3. The van der Waals surface area contributed by atoms with Gasteiger partial charge in [0.25, 0.3) is 0 Å². The van der Waals surface area contributed by atoms with E-state index in [1.165, 1.54) is 24.2 Å². The minimum Gasteiger partial charge on any atom is -0.491 e. The van der Waals surface area contributed by atoms with Crippen LogP contribution >= 0.6 is 11.8 Å². The summed E-state index contributed by atoms with van der Waals surface area (Å²) in [7, 11) is 0. The summed E-state index contributed by atoms with van der Waals surface area (Å²) in [5, 5.41) is 14.0. The van der Waals surface area contributed by atoms with Crippen LogP contribution in [0.25, 0.3) is 0 Å². The smallest absolute Gasteiger partial charge is 0.122 e. The van der Waals surface area contributed by atoms with Gasteiger partial charge in [0.15, 0.2) is 0 Å². The highest BCUT2D eigenvalue weighted by atomic mass is 32.2. The van der Waals surface area contributed by atoms with Crippen molar-refractivity contribution in [3.63, 3.8) is 0 Å². The Bertz CT molecular complexity index is 419. The Labute approximate surface area is 126 Å². The minimum absolute atomic E-state index is 0.342. The minimum atomic E-state index is -0.457. The molecular formula is C16H25NO2S. The van der Waals surface area contributed by atoms with Gasteiger partial charge in [-0.1, -0.05) is 12.1 Å². The maximum Gasteiger partial charge on any atom is 0.122 e. The zero-order valence-electron chi connectivity index (χ0n) is 12.4. The third kappa shape index (κ3) is 5.00. The maximum absolute atomic E-state index is 9.95. The van der Waals surface area contributed by atoms with Crippen LogP contribution in [-0.2, 0) is 0 Å². The summed E-state index contributed by atoms with van der Waals surface area (Å²) < 4.78 is 5.71. The average molecular weight is 295 g/mol. The fraction of sp³-hybridized carbons (Fsp3) is 0.625. The van der Waals surface area contributed by atoms with Gasteiger partial charge >= 0.3 is 0 Å². The Morgan fingerprint density at radius 3 is 3.05 bits per heavy atom. The highest BCUT2D eigenvalue weighted by molar-refractivity contribution is 8.00. The number of aryl methyl sites for hydroxylation is 2. The molecule has 1 fully saturated rings. The van der Waals surface area contributed by atoms with Crippen LogP contribution in [-0.4, -0.2) is 41.9 Å². The first-order valence-electron chi connectivity index (χ1n) is 7.35. The van der Waals surface area contributed by atoms with Crippen LogP contribution in [0.15, 0.2) is 18.2 Å². The summed E-state index contributed by atoms with van der Waals surface area (Å²) in [4.78, 5) is 0. The summed E-state index contributed by atoms with van der Waals surface area (Å²) in [6, 6.07) is 6.14. The number of hydrogen-bond donors (Lipinski definition) is 2. The average Bonchev–Trinajstić information content (AvgIpc) is 2.93. The fourth-order valence-electron chi connectivity index (χ4n) is 2.32. The predicted molar refractivity (Wildman–Crippen MR) is 85.8 cm³/mol. The third-order valence-electron chi connectivity index (χ3n) is 3.55. The molecule has 20 heavy (non-hydrogen) atoms. The van der Waals surface area contributed by atoms with Crippen LogP contribution in [0.5, 0.6) is 5.75 Å². The molecule has 0 aromatic heterocycles. The lowest BCUT2D eigenvalue weighted by molar-refractivity contribution is 0.106. The van der Waals surface area contributed by atoms with E-state index in [9.17, 15) is 5.11 Å². The van der Waals surface area contributed by atoms with Crippen molar-refractivity contribution < 1.29 is 9.84 Å². The van der Waals surface area contributed by atoms with Gasteiger partial charge in [-0.2, -0.15) is 11.8 Å². The van der Waals surface area contributed by atoms with Gasteiger partial charge in [-0.3, -0.25) is 0 Å². The first-order valence-corrected chi connectivity index (χ1v) is 8.40. The van der Waals surface area contributed by atoms with E-state index in [-0.39, 0.29) is 0 Å². The Kier molecular flexibility index (Phi) is 6.20. The van der Waals surface area contributed by atoms with Crippen molar-refractivity contribution in [2.75, 3.05) is 25.4 Å². The first kappa shape index (κ1) is 15.7. The number of hydrogen-bond acceptors (Lipinski definition) is 4. The summed E-state index contributed by atoms with van der Waals surface area (Å²) in [5.41, 5.74) is 2.29. The molecule has 1 aliphatic heterocycles. The number of aliphatic hydroxyl groups excluding tert-OH is 1. The number of aliphatic hydroxyl groups is 1. The molecule has 0 bridgehead atoms. The van der Waals surface area contributed by atoms with Gasteiger partial charge in [-0.05, 0) is 49.6 Å². The highest BCUT2D eigenvalue weighted by Gasteiger charge is 2.15. The van der Waals surface area contributed by atoms with Crippen molar-refractivity contribution >= 4 is 11.8 Å². The monoisotopic (exact) mass is 295 g/mol. The molecule has 4 heteroatoms. The second kappa shape index (κ2) is 7.91. The molecule has 2 unspecified atom stereocenters. The Morgan fingerprint density at radius 1 is 1.45 bits per heavy atom. The zero-order chi connectivity index (χ0) is 14.4. The van der Waals surface area contributed by atoms with Crippen molar-refractivity contribution in [1.82, 2.24) is 5.32 Å². The quantitative estimate of drug-likeness (QED) is 0.811. The molecule has 0 amide bonds. The van der Waals surface area contributed by atoms with Crippen molar-refractivity contribution in [2.24, 2.45) is 0 Å². The molecule has 0 spiro atoms. The van der Waals surface area contributed by atoms with E-state index in [0.717, 1.165) is 23.1 Å². The largest absolute Gasteiger partial charge is 0.491 e. The Morgan fingerprint density at radius 2 is 2.30 bits per heavy atom. The summed E-state index contributed by atoms with van der Waals surface area (Å²) in [5.74, 6) is 2.15. The number of rotatable bonds is 7. The third-order valence-corrected chi connectivity index (χ3v) is 4.95. The molecule has 0 aliphatic carbocycles. The van der Waals surface area contributed by atoms with Gasteiger partial charge in [-0.25, -0.2) is 0 Å². The van der Waals surface area contributed by atoms with E-state index < -0.39 is 6.10 Å². The van der Waals surface area contributed by atoms with Crippen LogP contribution in [0.2, 0.25) is 0 Å². The second-order valence-corrected chi connectivity index (χ2v) is 6.94. The second-order valence-electron chi connectivity index (χ2n) is 5.53. The summed E-state index contributed by atoms with van der Waals surface area (Å²) in [6.45, 7) is 6.00. The molecule has 3 nitrogen and oxygen atoms in total. The van der Waals surface area contributed by atoms with Crippen LogP contribution < -0.4 is 10.1 Å². The summed E-state index contributed by atoms with van der Waals surface area (Å²) in [6.07, 6.45) is 2.17. The number of thioether (sulfide) groups is 1. The topological polar surface area (TPSA) is 41.5 Å². The van der Waals surface area contributed by atoms with E-state index in [1.807, 2.05) is 37.7 Å². The Hall–Kier alpha value is -0.710. The predicted octanol–water partition coefficient (Wildman–Crippen LogP) is 2.53. The van der Waals surface area contributed by atoms with Crippen molar-refractivity contribution in [3.8, 4) is 5.75 Å². The van der Waals surface area contributed by atoms with Crippen molar-refractivity contribution in [3.05, 3.63) is 29.3 Å². The van der Waals surface area contributed by atoms with Crippen molar-refractivity contribution in [2.45, 2.75) is 38.0 Å². The van der Waals surface area contributed by atoms with Crippen LogP contribution in [0, 0.1) is 13.8 Å². The molecule has 1 saturated heterocycles.